The second-order valence-corrected chi connectivity index (χ2v) is 5.26. The molecule has 0 aliphatic heterocycles. The first kappa shape index (κ1) is 21.9. The summed E-state index contributed by atoms with van der Waals surface area (Å²) in [6.45, 7) is 0.529. The molecule has 0 aromatic heterocycles. The van der Waals surface area contributed by atoms with Crippen LogP contribution in [0.25, 0.3) is 0 Å². The molecule has 6 N–H and O–H groups in total. The number of rotatable bonds is 9. The Morgan fingerprint density at radius 1 is 1.08 bits per heavy atom. The first-order valence-corrected chi connectivity index (χ1v) is 8.24. The van der Waals surface area contributed by atoms with Crippen LogP contribution in [0.1, 0.15) is 29.6 Å². The highest BCUT2D eigenvalue weighted by molar-refractivity contribution is 7.43. The Kier molecular flexibility index (Phi) is 12.2. The van der Waals surface area contributed by atoms with Crippen LogP contribution in [-0.2, 0) is 14.1 Å². The van der Waals surface area contributed by atoms with Gasteiger partial charge in [0.25, 0.3) is 5.91 Å². The summed E-state index contributed by atoms with van der Waals surface area (Å²) in [6, 6.07) is 8.86. The zero-order valence-corrected chi connectivity index (χ0v) is 13.8. The van der Waals surface area contributed by atoms with Crippen molar-refractivity contribution in [2.75, 3.05) is 13.2 Å². The van der Waals surface area contributed by atoms with Crippen LogP contribution in [0, 0.1) is 0 Å². The molecule has 1 atom stereocenters. The Morgan fingerprint density at radius 2 is 1.62 bits per heavy atom. The standard InChI is InChI=1S/C9H13N2O3P.C5H8O4/c10-15(13)14-7-6-11-9(12)8-4-2-1-3-5-8;6-4(7)2-1-3-5(8)9/h1-5,13H,6-7,10H2,(H,11,12);1-3H2,(H,6,7)(H,8,9). The van der Waals surface area contributed by atoms with Crippen molar-refractivity contribution in [1.29, 1.82) is 0 Å². The van der Waals surface area contributed by atoms with E-state index >= 15 is 0 Å². The molecular weight excluding hydrogens is 339 g/mol. The van der Waals surface area contributed by atoms with Crippen molar-refractivity contribution >= 4 is 26.4 Å². The molecule has 1 aromatic rings. The van der Waals surface area contributed by atoms with Gasteiger partial charge in [-0.15, -0.1) is 0 Å². The number of nitrogens with two attached hydrogens (primary N) is 1. The van der Waals surface area contributed by atoms with Gasteiger partial charge in [-0.2, -0.15) is 0 Å². The minimum atomic E-state index is -1.84. The quantitative estimate of drug-likeness (QED) is 0.321. The van der Waals surface area contributed by atoms with Crippen LogP contribution in [0.2, 0.25) is 0 Å². The van der Waals surface area contributed by atoms with Gasteiger partial charge in [0.2, 0.25) is 8.53 Å². The van der Waals surface area contributed by atoms with E-state index in [9.17, 15) is 14.4 Å². The van der Waals surface area contributed by atoms with Gasteiger partial charge in [-0.25, -0.2) is 0 Å². The van der Waals surface area contributed by atoms with Gasteiger partial charge in [0.15, 0.2) is 0 Å². The van der Waals surface area contributed by atoms with E-state index in [-0.39, 0.29) is 31.8 Å². The molecule has 0 spiro atoms. The van der Waals surface area contributed by atoms with Crippen LogP contribution in [0.15, 0.2) is 30.3 Å². The lowest BCUT2D eigenvalue weighted by atomic mass is 10.2. The van der Waals surface area contributed by atoms with Crippen molar-refractivity contribution in [3.05, 3.63) is 35.9 Å². The van der Waals surface area contributed by atoms with Gasteiger partial charge in [-0.1, -0.05) is 18.2 Å². The summed E-state index contributed by atoms with van der Waals surface area (Å²) in [5, 5.41) is 18.7. The van der Waals surface area contributed by atoms with Crippen LogP contribution in [0.4, 0.5) is 0 Å². The van der Waals surface area contributed by atoms with Gasteiger partial charge >= 0.3 is 11.9 Å². The molecule has 0 aliphatic rings. The number of benzene rings is 1. The fourth-order valence-electron chi connectivity index (χ4n) is 1.39. The maximum absolute atomic E-state index is 11.4. The summed E-state index contributed by atoms with van der Waals surface area (Å²) in [6.07, 6.45) is 0.0866. The maximum atomic E-state index is 11.4. The molecule has 1 aromatic carbocycles. The van der Waals surface area contributed by atoms with Gasteiger partial charge in [-0.05, 0) is 18.6 Å². The summed E-state index contributed by atoms with van der Waals surface area (Å²) in [5.41, 5.74) is 5.60. The first-order valence-electron chi connectivity index (χ1n) is 6.96. The minimum Gasteiger partial charge on any atom is -0.481 e. The molecular formula is C14H21N2O7P. The summed E-state index contributed by atoms with van der Waals surface area (Å²) in [4.78, 5) is 39.7. The Hall–Kier alpha value is -2.06. The van der Waals surface area contributed by atoms with Crippen molar-refractivity contribution in [1.82, 2.24) is 5.32 Å². The molecule has 9 nitrogen and oxygen atoms in total. The molecule has 0 saturated carbocycles. The molecule has 1 unspecified atom stereocenters. The first-order chi connectivity index (χ1) is 11.3. The summed E-state index contributed by atoms with van der Waals surface area (Å²) in [5.74, 6) is -2.06. The van der Waals surface area contributed by atoms with E-state index < -0.39 is 20.5 Å². The van der Waals surface area contributed by atoms with E-state index in [4.69, 9.17) is 25.1 Å². The molecule has 1 rings (SSSR count). The summed E-state index contributed by atoms with van der Waals surface area (Å²) >= 11 is 0. The Balaban J connectivity index is 0.000000506. The molecule has 24 heavy (non-hydrogen) atoms. The van der Waals surface area contributed by atoms with Crippen LogP contribution in [-0.4, -0.2) is 46.1 Å². The van der Waals surface area contributed by atoms with Gasteiger partial charge in [0.05, 0.1) is 6.61 Å². The lowest BCUT2D eigenvalue weighted by Gasteiger charge is -2.06. The van der Waals surface area contributed by atoms with Crippen molar-refractivity contribution in [3.63, 3.8) is 0 Å². The molecule has 1 amide bonds. The Bertz CT molecular complexity index is 497. The molecule has 0 fully saturated rings. The van der Waals surface area contributed by atoms with E-state index in [2.05, 4.69) is 5.32 Å². The van der Waals surface area contributed by atoms with Crippen molar-refractivity contribution in [2.45, 2.75) is 19.3 Å². The zero-order valence-electron chi connectivity index (χ0n) is 12.9. The predicted octanol–water partition coefficient (Wildman–Crippen LogP) is 0.937. The summed E-state index contributed by atoms with van der Waals surface area (Å²) in [7, 11) is -1.84. The number of carboxylic acid groups (broad SMARTS) is 2. The normalized spacial score (nSPS) is 10.9. The van der Waals surface area contributed by atoms with Crippen molar-refractivity contribution in [2.24, 2.45) is 5.50 Å². The number of hydrogen-bond donors (Lipinski definition) is 5. The Labute approximate surface area is 140 Å². The van der Waals surface area contributed by atoms with E-state index in [1.165, 1.54) is 0 Å². The fraction of sp³-hybridized carbons (Fsp3) is 0.357. The van der Waals surface area contributed by atoms with E-state index in [0.717, 1.165) is 0 Å². The largest absolute Gasteiger partial charge is 0.481 e. The van der Waals surface area contributed by atoms with Crippen LogP contribution in [0.3, 0.4) is 0 Å². The topological polar surface area (TPSA) is 159 Å². The minimum absolute atomic E-state index is 0.0632. The number of carbonyl (C=O) groups is 3. The molecule has 10 heteroatoms. The monoisotopic (exact) mass is 360 g/mol. The number of amides is 1. The second-order valence-electron chi connectivity index (χ2n) is 4.40. The number of carboxylic acids is 2. The average Bonchev–Trinajstić information content (AvgIpc) is 2.52. The average molecular weight is 360 g/mol. The zero-order chi connectivity index (χ0) is 18.4. The SMILES string of the molecule is NP(O)OCCNC(=O)c1ccccc1.O=C(O)CCCC(=O)O. The lowest BCUT2D eigenvalue weighted by molar-refractivity contribution is -0.138. The maximum Gasteiger partial charge on any atom is 0.303 e. The van der Waals surface area contributed by atoms with E-state index in [0.29, 0.717) is 12.1 Å². The molecule has 0 bridgehead atoms. The predicted molar refractivity (Wildman–Crippen MR) is 87.2 cm³/mol. The van der Waals surface area contributed by atoms with Gasteiger partial charge in [0.1, 0.15) is 0 Å². The Morgan fingerprint density at radius 3 is 2.08 bits per heavy atom. The number of carbonyl (C=O) groups excluding carboxylic acids is 1. The molecule has 0 aliphatic carbocycles. The van der Waals surface area contributed by atoms with Gasteiger partial charge in [-0.3, -0.25) is 19.9 Å². The summed E-state index contributed by atoms with van der Waals surface area (Å²) < 4.78 is 4.71. The van der Waals surface area contributed by atoms with Crippen LogP contribution in [0.5, 0.6) is 0 Å². The third-order valence-electron chi connectivity index (χ3n) is 2.43. The molecule has 134 valence electrons. The molecule has 0 heterocycles. The van der Waals surface area contributed by atoms with Crippen molar-refractivity contribution in [3.8, 4) is 0 Å². The van der Waals surface area contributed by atoms with Crippen LogP contribution < -0.4 is 10.8 Å². The fourth-order valence-corrected chi connectivity index (χ4v) is 1.66. The molecule has 0 saturated heterocycles. The number of nitrogens with one attached hydrogen (secondary N) is 1. The van der Waals surface area contributed by atoms with E-state index in [1.54, 1.807) is 24.3 Å². The third kappa shape index (κ3) is 13.6. The van der Waals surface area contributed by atoms with Crippen LogP contribution >= 0.6 is 8.53 Å². The highest BCUT2D eigenvalue weighted by atomic mass is 31.2. The lowest BCUT2D eigenvalue weighted by Crippen LogP contribution is -2.26. The smallest absolute Gasteiger partial charge is 0.303 e. The van der Waals surface area contributed by atoms with Gasteiger partial charge < -0.3 is 24.9 Å². The molecule has 0 radical (unpaired) electrons. The number of hydrogen-bond acceptors (Lipinski definition) is 6. The highest BCUT2D eigenvalue weighted by Crippen LogP contribution is 2.17. The van der Waals surface area contributed by atoms with Gasteiger partial charge in [0, 0.05) is 24.9 Å². The van der Waals surface area contributed by atoms with E-state index in [1.807, 2.05) is 6.07 Å². The highest BCUT2D eigenvalue weighted by Gasteiger charge is 2.03. The number of aliphatic carboxylic acids is 2. The second kappa shape index (κ2) is 13.4. The third-order valence-corrected chi connectivity index (χ3v) is 2.88. The van der Waals surface area contributed by atoms with Crippen molar-refractivity contribution < 1.29 is 34.0 Å².